The average Bonchev–Trinajstić information content (AvgIpc) is 3.70. The first kappa shape index (κ1) is 25.0. The van der Waals surface area contributed by atoms with Gasteiger partial charge >= 0.3 is 0 Å². The van der Waals surface area contributed by atoms with E-state index < -0.39 is 0 Å². The maximum Gasteiger partial charge on any atom is 0.0782 e. The fourth-order valence-corrected chi connectivity index (χ4v) is 8.29. The molecule has 4 atom stereocenters. The highest BCUT2D eigenvalue weighted by Gasteiger charge is 2.37. The number of benzene rings is 2. The molecule has 3 heteroatoms. The Labute approximate surface area is 253 Å². The molecule has 0 saturated carbocycles. The Kier molecular flexibility index (Phi) is 5.69. The lowest BCUT2D eigenvalue weighted by Crippen LogP contribution is -2.29. The van der Waals surface area contributed by atoms with Crippen LogP contribution in [0.5, 0.6) is 0 Å². The van der Waals surface area contributed by atoms with Gasteiger partial charge in [0.1, 0.15) is 0 Å². The summed E-state index contributed by atoms with van der Waals surface area (Å²) in [5.74, 6) is 0.775. The average molecular weight is 558 g/mol. The van der Waals surface area contributed by atoms with Crippen molar-refractivity contribution < 1.29 is 0 Å². The standard InChI is InChI=1S/C40H35N3/c1-2-24-19-25-20-35-28-13-5-7-15-30(28)37(41-35)22-39-32-17-9-10-18-33(32)40(43-39)23-38-31-16-8-6-14-29(31)36(42-38)21-34(24)27-12-4-3-11-26(25)27/h4-10,12-18,20-22,24,33,38,40,43H,2-3,11,19,23H2,1H3/b25-20+,34-21+,37-22-. The van der Waals surface area contributed by atoms with E-state index in [1.165, 1.54) is 55.8 Å². The van der Waals surface area contributed by atoms with E-state index in [4.69, 9.17) is 9.98 Å². The predicted octanol–water partition coefficient (Wildman–Crippen LogP) is 8.68. The summed E-state index contributed by atoms with van der Waals surface area (Å²) in [6.45, 7) is 2.34. The summed E-state index contributed by atoms with van der Waals surface area (Å²) in [5.41, 5.74) is 16.8. The van der Waals surface area contributed by atoms with Crippen molar-refractivity contribution in [3.05, 3.63) is 159 Å². The number of aliphatic imine (C=N–C) groups is 2. The van der Waals surface area contributed by atoms with Gasteiger partial charge in [0.25, 0.3) is 0 Å². The second kappa shape index (κ2) is 9.77. The molecule has 1 N–H and O–H groups in total. The van der Waals surface area contributed by atoms with Crippen LogP contribution in [-0.4, -0.2) is 17.5 Å². The summed E-state index contributed by atoms with van der Waals surface area (Å²) >= 11 is 0. The summed E-state index contributed by atoms with van der Waals surface area (Å²) in [4.78, 5) is 10.8. The summed E-state index contributed by atoms with van der Waals surface area (Å²) in [5, 5.41) is 3.96. The quantitative estimate of drug-likeness (QED) is 0.374. The predicted molar refractivity (Wildman–Crippen MR) is 177 cm³/mol. The Hall–Kier alpha value is -4.50. The van der Waals surface area contributed by atoms with E-state index >= 15 is 0 Å². The molecule has 0 saturated heterocycles. The van der Waals surface area contributed by atoms with Crippen LogP contribution in [0, 0.1) is 11.8 Å². The highest BCUT2D eigenvalue weighted by atomic mass is 15.0. The van der Waals surface area contributed by atoms with E-state index in [9.17, 15) is 0 Å². The van der Waals surface area contributed by atoms with Crippen molar-refractivity contribution in [1.82, 2.24) is 5.32 Å². The van der Waals surface area contributed by atoms with Crippen LogP contribution < -0.4 is 5.32 Å². The summed E-state index contributed by atoms with van der Waals surface area (Å²) in [7, 11) is 0. The molecule has 0 spiro atoms. The first-order chi connectivity index (χ1) is 21.2. The molecule has 2 aromatic carbocycles. The maximum atomic E-state index is 5.49. The topological polar surface area (TPSA) is 36.8 Å². The Balaban J connectivity index is 1.29. The fraction of sp³-hybridized carbons (Fsp3) is 0.250. The largest absolute Gasteiger partial charge is 0.381 e. The lowest BCUT2D eigenvalue weighted by Gasteiger charge is -2.33. The molecule has 10 rings (SSSR count). The highest BCUT2D eigenvalue weighted by Crippen LogP contribution is 2.46. The molecular weight excluding hydrogens is 522 g/mol. The molecule has 5 aliphatic heterocycles. The SMILES string of the molecule is CCC1C/C2=C\C3=NC(=C\C4=C5C=CC=CC5C(CC5N=C(/C=C\1C1=C2CCC=C1)c1ccccc15)N4)/c1ccccc13. The molecule has 210 valence electrons. The number of hydrogen-bond acceptors (Lipinski definition) is 3. The van der Waals surface area contributed by atoms with Crippen molar-refractivity contribution in [2.24, 2.45) is 21.8 Å². The van der Waals surface area contributed by atoms with Crippen LogP contribution in [0.3, 0.4) is 0 Å². The van der Waals surface area contributed by atoms with E-state index in [1.807, 2.05) is 0 Å². The summed E-state index contributed by atoms with van der Waals surface area (Å²) in [6.07, 6.45) is 26.2. The van der Waals surface area contributed by atoms with Crippen molar-refractivity contribution in [3.63, 3.8) is 0 Å². The number of nitrogens with zero attached hydrogens (tertiary/aromatic N) is 2. The molecule has 43 heavy (non-hydrogen) atoms. The van der Waals surface area contributed by atoms with E-state index in [0.29, 0.717) is 11.8 Å². The van der Waals surface area contributed by atoms with Crippen LogP contribution in [0.25, 0.3) is 5.70 Å². The van der Waals surface area contributed by atoms with Gasteiger partial charge in [-0.3, -0.25) is 4.99 Å². The van der Waals surface area contributed by atoms with Gasteiger partial charge in [-0.2, -0.15) is 0 Å². The van der Waals surface area contributed by atoms with Gasteiger partial charge in [0.05, 0.1) is 23.2 Å². The van der Waals surface area contributed by atoms with Gasteiger partial charge in [0, 0.05) is 34.3 Å². The molecule has 5 heterocycles. The Bertz CT molecular complexity index is 1900. The molecule has 4 unspecified atom stereocenters. The smallest absolute Gasteiger partial charge is 0.0782 e. The van der Waals surface area contributed by atoms with Gasteiger partial charge in [0.15, 0.2) is 0 Å². The van der Waals surface area contributed by atoms with Gasteiger partial charge in [-0.1, -0.05) is 91.9 Å². The minimum Gasteiger partial charge on any atom is -0.381 e. The van der Waals surface area contributed by atoms with Crippen LogP contribution in [0.4, 0.5) is 0 Å². The van der Waals surface area contributed by atoms with Gasteiger partial charge in [-0.05, 0) is 89.7 Å². The van der Waals surface area contributed by atoms with Crippen molar-refractivity contribution >= 4 is 17.1 Å². The summed E-state index contributed by atoms with van der Waals surface area (Å²) < 4.78 is 0. The molecule has 0 aromatic heterocycles. The zero-order valence-electron chi connectivity index (χ0n) is 24.6. The molecule has 0 amide bonds. The normalized spacial score (nSPS) is 31.4. The number of allylic oxidation sites excluding steroid dienone is 12. The van der Waals surface area contributed by atoms with Crippen LogP contribution in [0.2, 0.25) is 0 Å². The van der Waals surface area contributed by atoms with Crippen LogP contribution in [0.1, 0.15) is 67.3 Å². The first-order valence-corrected chi connectivity index (χ1v) is 16.0. The lowest BCUT2D eigenvalue weighted by molar-refractivity contribution is 0.458. The fourth-order valence-electron chi connectivity index (χ4n) is 8.29. The van der Waals surface area contributed by atoms with E-state index in [-0.39, 0.29) is 12.1 Å². The van der Waals surface area contributed by atoms with Gasteiger partial charge in [-0.15, -0.1) is 0 Å². The third-order valence-electron chi connectivity index (χ3n) is 10.4. The molecule has 0 radical (unpaired) electrons. The van der Waals surface area contributed by atoms with Crippen LogP contribution in [0.15, 0.2) is 147 Å². The number of fused-ring (bicyclic) bond motifs is 4. The van der Waals surface area contributed by atoms with Gasteiger partial charge in [-0.25, -0.2) is 4.99 Å². The molecule has 0 fully saturated rings. The third kappa shape index (κ3) is 3.94. The van der Waals surface area contributed by atoms with Crippen molar-refractivity contribution in [2.45, 2.75) is 51.1 Å². The van der Waals surface area contributed by atoms with Crippen LogP contribution in [-0.2, 0) is 0 Å². The Morgan fingerprint density at radius 2 is 1.74 bits per heavy atom. The molecule has 8 bridgehead atoms. The molecular formula is C40H35N3. The van der Waals surface area contributed by atoms with Gasteiger partial charge < -0.3 is 5.32 Å². The Morgan fingerprint density at radius 3 is 2.65 bits per heavy atom. The molecule has 3 aliphatic carbocycles. The minimum absolute atomic E-state index is 0.134. The number of hydrogen-bond donors (Lipinski definition) is 1. The lowest BCUT2D eigenvalue weighted by atomic mass is 9.72. The van der Waals surface area contributed by atoms with Crippen molar-refractivity contribution in [3.8, 4) is 0 Å². The first-order valence-electron chi connectivity index (χ1n) is 16.0. The van der Waals surface area contributed by atoms with Crippen LogP contribution >= 0.6 is 0 Å². The minimum atomic E-state index is 0.134. The highest BCUT2D eigenvalue weighted by molar-refractivity contribution is 6.18. The van der Waals surface area contributed by atoms with E-state index in [1.54, 1.807) is 0 Å². The zero-order valence-corrected chi connectivity index (χ0v) is 24.6. The molecule has 3 nitrogen and oxygen atoms in total. The van der Waals surface area contributed by atoms with Gasteiger partial charge in [0.2, 0.25) is 0 Å². The Morgan fingerprint density at radius 1 is 0.884 bits per heavy atom. The monoisotopic (exact) mass is 557 g/mol. The second-order valence-corrected chi connectivity index (χ2v) is 12.7. The molecule has 2 aromatic rings. The molecule has 8 aliphatic rings. The van der Waals surface area contributed by atoms with Crippen molar-refractivity contribution in [2.75, 3.05) is 0 Å². The zero-order chi connectivity index (χ0) is 28.5. The number of rotatable bonds is 1. The van der Waals surface area contributed by atoms with E-state index in [2.05, 4.69) is 115 Å². The summed E-state index contributed by atoms with van der Waals surface area (Å²) in [6, 6.07) is 18.1. The van der Waals surface area contributed by atoms with E-state index in [0.717, 1.165) is 49.2 Å². The third-order valence-corrected chi connectivity index (χ3v) is 10.4. The maximum absolute atomic E-state index is 5.49. The number of nitrogens with one attached hydrogen (secondary N) is 1. The second-order valence-electron chi connectivity index (χ2n) is 12.7. The van der Waals surface area contributed by atoms with Crippen molar-refractivity contribution in [1.29, 1.82) is 0 Å².